The summed E-state index contributed by atoms with van der Waals surface area (Å²) in [6, 6.07) is 0. The number of hydrogen-bond donors (Lipinski definition) is 7. The lowest BCUT2D eigenvalue weighted by Gasteiger charge is -2.46. The predicted octanol–water partition coefficient (Wildman–Crippen LogP) is 6.04. The van der Waals surface area contributed by atoms with Gasteiger partial charge in [-0.2, -0.15) is 0 Å². The zero-order chi connectivity index (χ0) is 45.4. The van der Waals surface area contributed by atoms with E-state index in [4.69, 9.17) is 28.4 Å². The molecule has 7 N–H and O–H groups in total. The fourth-order valence-electron chi connectivity index (χ4n) is 8.01. The van der Waals surface area contributed by atoms with Crippen LogP contribution in [0, 0.1) is 0 Å². The Morgan fingerprint density at radius 1 is 0.484 bits per heavy atom. The smallest absolute Gasteiger partial charge is 0.305 e. The van der Waals surface area contributed by atoms with E-state index in [1.54, 1.807) is 0 Å². The van der Waals surface area contributed by atoms with Crippen molar-refractivity contribution >= 4 is 11.9 Å². The molecule has 62 heavy (non-hydrogen) atoms. The normalized spacial score (nSPS) is 27.0. The topological polar surface area (TPSA) is 231 Å². The fourth-order valence-corrected chi connectivity index (χ4v) is 8.01. The number of unbranched alkanes of at least 4 members (excludes halogenated alkanes) is 24. The first-order valence-electron chi connectivity index (χ1n) is 24.6. The van der Waals surface area contributed by atoms with Crippen molar-refractivity contribution in [1.29, 1.82) is 0 Å². The van der Waals surface area contributed by atoms with Gasteiger partial charge in [0.05, 0.1) is 13.2 Å². The van der Waals surface area contributed by atoms with Crippen LogP contribution in [-0.4, -0.2) is 142 Å². The van der Waals surface area contributed by atoms with Gasteiger partial charge in [0, 0.05) is 12.8 Å². The number of carbonyl (C=O) groups is 2. The minimum atomic E-state index is -1.83. The Balaban J connectivity index is 1.78. The zero-order valence-electron chi connectivity index (χ0n) is 38.4. The van der Waals surface area contributed by atoms with Crippen LogP contribution < -0.4 is 0 Å². The highest BCUT2D eigenvalue weighted by molar-refractivity contribution is 5.69. The van der Waals surface area contributed by atoms with Crippen molar-refractivity contribution < 1.29 is 73.8 Å². The highest BCUT2D eigenvalue weighted by Crippen LogP contribution is 2.30. The van der Waals surface area contributed by atoms with Crippen LogP contribution in [0.4, 0.5) is 0 Å². The molecule has 1 unspecified atom stereocenters. The van der Waals surface area contributed by atoms with Crippen LogP contribution in [0.25, 0.3) is 0 Å². The largest absolute Gasteiger partial charge is 0.463 e. The molecular weight excluding hydrogens is 805 g/mol. The summed E-state index contributed by atoms with van der Waals surface area (Å²) >= 11 is 0. The summed E-state index contributed by atoms with van der Waals surface area (Å²) in [6.07, 6.45) is 13.5. The van der Waals surface area contributed by atoms with Crippen LogP contribution in [0.1, 0.15) is 194 Å². The van der Waals surface area contributed by atoms with Crippen molar-refractivity contribution in [3.63, 3.8) is 0 Å². The molecule has 2 aliphatic heterocycles. The van der Waals surface area contributed by atoms with Crippen LogP contribution in [0.2, 0.25) is 0 Å². The summed E-state index contributed by atoms with van der Waals surface area (Å²) in [4.78, 5) is 25.0. The van der Waals surface area contributed by atoms with Crippen LogP contribution in [-0.2, 0) is 38.0 Å². The van der Waals surface area contributed by atoms with Gasteiger partial charge in [-0.05, 0) is 12.8 Å². The van der Waals surface area contributed by atoms with Crippen molar-refractivity contribution in [3.8, 4) is 0 Å². The lowest BCUT2D eigenvalue weighted by atomic mass is 9.97. The number of aliphatic hydroxyl groups excluding tert-OH is 7. The molecule has 2 rings (SSSR count). The van der Waals surface area contributed by atoms with Crippen molar-refractivity contribution in [3.05, 3.63) is 0 Å². The molecule has 0 aliphatic carbocycles. The highest BCUT2D eigenvalue weighted by atomic mass is 16.7. The molecule has 15 heteroatoms. The molecule has 11 atom stereocenters. The van der Waals surface area contributed by atoms with E-state index in [0.717, 1.165) is 38.5 Å². The predicted molar refractivity (Wildman–Crippen MR) is 234 cm³/mol. The number of rotatable bonds is 38. The molecule has 2 aliphatic rings. The van der Waals surface area contributed by atoms with E-state index in [0.29, 0.717) is 12.8 Å². The Bertz CT molecular complexity index is 1100. The molecule has 2 fully saturated rings. The van der Waals surface area contributed by atoms with E-state index in [2.05, 4.69) is 13.8 Å². The summed E-state index contributed by atoms with van der Waals surface area (Å²) < 4.78 is 33.3. The van der Waals surface area contributed by atoms with Crippen molar-refractivity contribution in [2.24, 2.45) is 0 Å². The summed E-state index contributed by atoms with van der Waals surface area (Å²) in [6.45, 7) is 2.46. The van der Waals surface area contributed by atoms with E-state index < -0.39 is 99.3 Å². The average molecular weight is 893 g/mol. The molecule has 2 heterocycles. The van der Waals surface area contributed by atoms with Crippen LogP contribution >= 0.6 is 0 Å². The first-order valence-corrected chi connectivity index (χ1v) is 24.6. The molecule has 0 aromatic heterocycles. The molecule has 0 amide bonds. The number of aliphatic hydroxyl groups is 7. The van der Waals surface area contributed by atoms with E-state index in [9.17, 15) is 45.3 Å². The average Bonchev–Trinajstić information content (AvgIpc) is 3.26. The summed E-state index contributed by atoms with van der Waals surface area (Å²) in [7, 11) is 0. The SMILES string of the molecule is CCCCCCCCCCCCCCCC(=O)OCC(O)CO[C@H]1O[C@H](COC(=O)CCCCCCCCCCCCCCC)[C@@H](O)[C@H](O[C@H]2O[C@H](CO)[C@@H](O)[C@H](O)[C@H]2O)[C@@H]1O. The van der Waals surface area contributed by atoms with Gasteiger partial charge < -0.3 is 64.2 Å². The van der Waals surface area contributed by atoms with Crippen molar-refractivity contribution in [2.75, 3.05) is 26.4 Å². The van der Waals surface area contributed by atoms with Gasteiger partial charge in [0.15, 0.2) is 12.6 Å². The third kappa shape index (κ3) is 24.1. The number of ether oxygens (including phenoxy) is 6. The lowest BCUT2D eigenvalue weighted by molar-refractivity contribution is -0.361. The molecule has 0 aromatic rings. The summed E-state index contributed by atoms with van der Waals surface area (Å²) in [5.41, 5.74) is 0. The van der Waals surface area contributed by atoms with E-state index in [1.807, 2.05) is 0 Å². The van der Waals surface area contributed by atoms with Gasteiger partial charge in [0.25, 0.3) is 0 Å². The molecular formula is C47H88O15. The first-order chi connectivity index (χ1) is 30.0. The Morgan fingerprint density at radius 3 is 1.35 bits per heavy atom. The summed E-state index contributed by atoms with van der Waals surface area (Å²) in [5.74, 6) is -0.951. The maximum atomic E-state index is 12.7. The van der Waals surface area contributed by atoms with Crippen molar-refractivity contribution in [2.45, 2.75) is 261 Å². The molecule has 2 saturated heterocycles. The molecule has 0 spiro atoms. The second-order valence-corrected chi connectivity index (χ2v) is 17.7. The third-order valence-corrected chi connectivity index (χ3v) is 12.0. The van der Waals surface area contributed by atoms with Gasteiger partial charge in [-0.3, -0.25) is 9.59 Å². The third-order valence-electron chi connectivity index (χ3n) is 12.0. The minimum Gasteiger partial charge on any atom is -0.463 e. The Hall–Kier alpha value is -1.50. The van der Waals surface area contributed by atoms with Gasteiger partial charge in [0.2, 0.25) is 0 Å². The number of esters is 2. The molecule has 366 valence electrons. The second-order valence-electron chi connectivity index (χ2n) is 17.7. The minimum absolute atomic E-state index is 0.165. The highest BCUT2D eigenvalue weighted by Gasteiger charge is 2.51. The van der Waals surface area contributed by atoms with Crippen LogP contribution in [0.15, 0.2) is 0 Å². The summed E-state index contributed by atoms with van der Waals surface area (Å²) in [5, 5.41) is 73.7. The molecule has 0 bridgehead atoms. The van der Waals surface area contributed by atoms with Crippen molar-refractivity contribution in [1.82, 2.24) is 0 Å². The second kappa shape index (κ2) is 35.7. The molecule has 0 radical (unpaired) electrons. The zero-order valence-corrected chi connectivity index (χ0v) is 38.4. The van der Waals surface area contributed by atoms with Crippen LogP contribution in [0.3, 0.4) is 0 Å². The monoisotopic (exact) mass is 893 g/mol. The number of carbonyl (C=O) groups excluding carboxylic acids is 2. The maximum absolute atomic E-state index is 12.7. The van der Waals surface area contributed by atoms with Gasteiger partial charge in [-0.25, -0.2) is 0 Å². The van der Waals surface area contributed by atoms with Crippen LogP contribution in [0.5, 0.6) is 0 Å². The molecule has 15 nitrogen and oxygen atoms in total. The van der Waals surface area contributed by atoms with E-state index in [-0.39, 0.29) is 19.4 Å². The van der Waals surface area contributed by atoms with Gasteiger partial charge >= 0.3 is 11.9 Å². The van der Waals surface area contributed by atoms with E-state index >= 15 is 0 Å². The first kappa shape index (κ1) is 56.6. The van der Waals surface area contributed by atoms with E-state index in [1.165, 1.54) is 116 Å². The Morgan fingerprint density at radius 2 is 0.903 bits per heavy atom. The number of hydrogen-bond acceptors (Lipinski definition) is 15. The lowest BCUT2D eigenvalue weighted by Crippen LogP contribution is -2.65. The quantitative estimate of drug-likeness (QED) is 0.0277. The maximum Gasteiger partial charge on any atom is 0.305 e. The Kier molecular flexibility index (Phi) is 32.6. The molecule has 0 saturated carbocycles. The standard InChI is InChI=1S/C47H88O15/c1-3-5-7-9-11-13-15-17-19-21-23-25-27-29-38(50)57-32-35(49)33-59-46-44(56)45(62-47-43(55)42(54)40(52)36(31-48)60-47)41(53)37(61-46)34-58-39(51)30-28-26-24-22-20-18-16-14-12-10-8-6-4-2/h35-37,40-49,52-56H,3-34H2,1-2H3/t35?,36-,37-,40-,41-,42+,43-,44+,45+,46+,47-/m1/s1. The fraction of sp³-hybridized carbons (Fsp3) is 0.957. The Labute approximate surface area is 372 Å². The van der Waals surface area contributed by atoms with Gasteiger partial charge in [-0.15, -0.1) is 0 Å². The van der Waals surface area contributed by atoms with Gasteiger partial charge in [0.1, 0.15) is 68.1 Å². The molecule has 0 aromatic carbocycles. The van der Waals surface area contributed by atoms with Gasteiger partial charge in [-0.1, -0.05) is 168 Å².